The molecule has 0 unspecified atom stereocenters. The molecule has 0 aliphatic rings. The molecule has 0 saturated heterocycles. The Hall–Kier alpha value is -3.16. The van der Waals surface area contributed by atoms with Crippen LogP contribution in [0.15, 0.2) is 54.6 Å². The van der Waals surface area contributed by atoms with Gasteiger partial charge in [-0.05, 0) is 49.7 Å². The van der Waals surface area contributed by atoms with E-state index in [0.717, 1.165) is 22.4 Å². The van der Waals surface area contributed by atoms with Gasteiger partial charge in [-0.15, -0.1) is 11.3 Å². The molecule has 2 N–H and O–H groups in total. The van der Waals surface area contributed by atoms with Crippen molar-refractivity contribution in [2.75, 3.05) is 11.9 Å². The summed E-state index contributed by atoms with van der Waals surface area (Å²) < 4.78 is 2.09. The van der Waals surface area contributed by atoms with Crippen LogP contribution in [0.1, 0.15) is 31.4 Å². The van der Waals surface area contributed by atoms with Gasteiger partial charge in [0.1, 0.15) is 5.82 Å². The van der Waals surface area contributed by atoms with Gasteiger partial charge in [-0.2, -0.15) is 0 Å². The molecule has 2 heterocycles. The topological polar surface area (TPSA) is 76.0 Å². The lowest BCUT2D eigenvalue weighted by Crippen LogP contribution is -2.27. The van der Waals surface area contributed by atoms with E-state index in [-0.39, 0.29) is 11.8 Å². The number of aryl methyl sites for hydroxylation is 2. The number of aromatic nitrogens is 2. The third-order valence-electron chi connectivity index (χ3n) is 4.95. The Balaban J connectivity index is 1.40. The maximum absolute atomic E-state index is 12.7. The number of nitrogens with one attached hydrogen (secondary N) is 2. The largest absolute Gasteiger partial charge is 0.350 e. The molecule has 4 aromatic rings. The molecule has 158 valence electrons. The van der Waals surface area contributed by atoms with Gasteiger partial charge in [-0.3, -0.25) is 9.59 Å². The predicted molar refractivity (Wildman–Crippen MR) is 125 cm³/mol. The van der Waals surface area contributed by atoms with Crippen LogP contribution < -0.4 is 10.6 Å². The lowest BCUT2D eigenvalue weighted by molar-refractivity contribution is 0.0954. The molecule has 0 aliphatic heterocycles. The summed E-state index contributed by atoms with van der Waals surface area (Å²) in [6, 6.07) is 16.6. The smallest absolute Gasteiger partial charge is 0.261 e. The van der Waals surface area contributed by atoms with Gasteiger partial charge in [0.25, 0.3) is 11.8 Å². The first-order valence-electron chi connectivity index (χ1n) is 9.80. The van der Waals surface area contributed by atoms with Gasteiger partial charge < -0.3 is 15.2 Å². The van der Waals surface area contributed by atoms with E-state index in [1.54, 1.807) is 30.3 Å². The van der Waals surface area contributed by atoms with Gasteiger partial charge in [0.15, 0.2) is 0 Å². The number of imidazole rings is 1. The maximum Gasteiger partial charge on any atom is 0.261 e. The number of anilines is 1. The van der Waals surface area contributed by atoms with Crippen molar-refractivity contribution in [3.05, 3.63) is 81.4 Å². The predicted octanol–water partition coefficient (Wildman–Crippen LogP) is 5.05. The molecule has 0 aliphatic carbocycles. The van der Waals surface area contributed by atoms with E-state index in [2.05, 4.69) is 20.2 Å². The second-order valence-electron chi connectivity index (χ2n) is 7.11. The summed E-state index contributed by atoms with van der Waals surface area (Å²) in [6.07, 6.45) is 0. The highest BCUT2D eigenvalue weighted by molar-refractivity contribution is 7.18. The van der Waals surface area contributed by atoms with E-state index in [0.29, 0.717) is 33.6 Å². The second-order valence-corrected chi connectivity index (χ2v) is 8.57. The summed E-state index contributed by atoms with van der Waals surface area (Å²) in [5, 5.41) is 6.77. The standard InChI is InChI=1S/C23H21ClN4O2S/c1-14-13-20(27-22(29)16-7-3-4-8-17(16)24)31-21(14)23(30)25-11-12-28-15(2)26-18-9-5-6-10-19(18)28/h3-10,13H,11-12H2,1-2H3,(H,25,30)(H,27,29). The average molecular weight is 453 g/mol. The Kier molecular flexibility index (Phi) is 6.06. The van der Waals surface area contributed by atoms with Gasteiger partial charge in [0, 0.05) is 13.1 Å². The van der Waals surface area contributed by atoms with Crippen molar-refractivity contribution in [2.24, 2.45) is 0 Å². The Labute approximate surface area is 188 Å². The number of carbonyl (C=O) groups excluding carboxylic acids is 2. The van der Waals surface area contributed by atoms with Crippen molar-refractivity contribution in [2.45, 2.75) is 20.4 Å². The van der Waals surface area contributed by atoms with Gasteiger partial charge in [-0.25, -0.2) is 4.98 Å². The zero-order chi connectivity index (χ0) is 22.0. The molecule has 31 heavy (non-hydrogen) atoms. The molecule has 6 nitrogen and oxygen atoms in total. The van der Waals surface area contributed by atoms with Gasteiger partial charge in [-0.1, -0.05) is 35.9 Å². The monoisotopic (exact) mass is 452 g/mol. The van der Waals surface area contributed by atoms with Gasteiger partial charge >= 0.3 is 0 Å². The lowest BCUT2D eigenvalue weighted by Gasteiger charge is -2.08. The molecule has 0 radical (unpaired) electrons. The number of amides is 2. The summed E-state index contributed by atoms with van der Waals surface area (Å²) >= 11 is 7.34. The highest BCUT2D eigenvalue weighted by atomic mass is 35.5. The SMILES string of the molecule is Cc1cc(NC(=O)c2ccccc2Cl)sc1C(=O)NCCn1c(C)nc2ccccc21. The Morgan fingerprint density at radius 3 is 2.61 bits per heavy atom. The first kappa shape index (κ1) is 21.1. The number of hydrogen-bond acceptors (Lipinski definition) is 4. The van der Waals surface area contributed by atoms with E-state index in [1.165, 1.54) is 11.3 Å². The molecule has 0 fully saturated rings. The van der Waals surface area contributed by atoms with Crippen molar-refractivity contribution in [3.8, 4) is 0 Å². The fourth-order valence-corrected chi connectivity index (χ4v) is 4.64. The molecule has 0 bridgehead atoms. The van der Waals surface area contributed by atoms with Crippen LogP contribution in [0.4, 0.5) is 5.00 Å². The van der Waals surface area contributed by atoms with E-state index in [1.807, 2.05) is 38.1 Å². The molecule has 0 spiro atoms. The molecular weight excluding hydrogens is 432 g/mol. The fraction of sp³-hybridized carbons (Fsp3) is 0.174. The van der Waals surface area contributed by atoms with Gasteiger partial charge in [0.2, 0.25) is 0 Å². The molecule has 2 aromatic heterocycles. The van der Waals surface area contributed by atoms with Crippen molar-refractivity contribution < 1.29 is 9.59 Å². The highest BCUT2D eigenvalue weighted by Crippen LogP contribution is 2.28. The summed E-state index contributed by atoms with van der Waals surface area (Å²) in [6.45, 7) is 4.90. The Morgan fingerprint density at radius 1 is 1.06 bits per heavy atom. The number of hydrogen-bond donors (Lipinski definition) is 2. The van der Waals surface area contributed by atoms with Crippen LogP contribution in [0.3, 0.4) is 0 Å². The van der Waals surface area contributed by atoms with Crippen molar-refractivity contribution in [1.82, 2.24) is 14.9 Å². The fourth-order valence-electron chi connectivity index (χ4n) is 3.43. The van der Waals surface area contributed by atoms with Crippen LogP contribution in [0.2, 0.25) is 5.02 Å². The minimum Gasteiger partial charge on any atom is -0.350 e. The number of fused-ring (bicyclic) bond motifs is 1. The zero-order valence-corrected chi connectivity index (χ0v) is 18.7. The van der Waals surface area contributed by atoms with E-state index < -0.39 is 0 Å². The third-order valence-corrected chi connectivity index (χ3v) is 6.43. The van der Waals surface area contributed by atoms with Crippen molar-refractivity contribution >= 4 is 50.8 Å². The van der Waals surface area contributed by atoms with E-state index in [4.69, 9.17) is 11.6 Å². The number of thiophene rings is 1. The number of halogens is 1. The van der Waals surface area contributed by atoms with Gasteiger partial charge in [0.05, 0.1) is 31.5 Å². The van der Waals surface area contributed by atoms with Crippen molar-refractivity contribution in [3.63, 3.8) is 0 Å². The van der Waals surface area contributed by atoms with Crippen LogP contribution in [0, 0.1) is 13.8 Å². The Morgan fingerprint density at radius 2 is 1.81 bits per heavy atom. The summed E-state index contributed by atoms with van der Waals surface area (Å²) in [5.74, 6) is 0.441. The molecule has 2 amide bonds. The third kappa shape index (κ3) is 4.47. The lowest BCUT2D eigenvalue weighted by atomic mass is 10.2. The minimum absolute atomic E-state index is 0.164. The summed E-state index contributed by atoms with van der Waals surface area (Å²) in [4.78, 5) is 30.3. The molecular formula is C23H21ClN4O2S. The number of carbonyl (C=O) groups is 2. The van der Waals surface area contributed by atoms with Crippen LogP contribution in [0.25, 0.3) is 11.0 Å². The quantitative estimate of drug-likeness (QED) is 0.429. The maximum atomic E-state index is 12.7. The van der Waals surface area contributed by atoms with Crippen LogP contribution >= 0.6 is 22.9 Å². The summed E-state index contributed by atoms with van der Waals surface area (Å²) in [5.41, 5.74) is 3.19. The first-order chi connectivity index (χ1) is 14.9. The van der Waals surface area contributed by atoms with E-state index in [9.17, 15) is 9.59 Å². The number of para-hydroxylation sites is 2. The van der Waals surface area contributed by atoms with E-state index >= 15 is 0 Å². The highest BCUT2D eigenvalue weighted by Gasteiger charge is 2.17. The van der Waals surface area contributed by atoms with Crippen LogP contribution in [0.5, 0.6) is 0 Å². The van der Waals surface area contributed by atoms with Crippen LogP contribution in [-0.4, -0.2) is 27.9 Å². The first-order valence-corrected chi connectivity index (χ1v) is 11.0. The number of benzene rings is 2. The zero-order valence-electron chi connectivity index (χ0n) is 17.1. The molecule has 0 saturated carbocycles. The Bertz CT molecular complexity index is 1280. The minimum atomic E-state index is -0.304. The molecule has 0 atom stereocenters. The normalized spacial score (nSPS) is 10.9. The van der Waals surface area contributed by atoms with Crippen molar-refractivity contribution in [1.29, 1.82) is 0 Å². The molecule has 2 aromatic carbocycles. The van der Waals surface area contributed by atoms with Crippen LogP contribution in [-0.2, 0) is 6.54 Å². The average Bonchev–Trinajstić information content (AvgIpc) is 3.27. The second kappa shape index (κ2) is 8.91. The number of rotatable bonds is 6. The molecule has 4 rings (SSSR count). The summed E-state index contributed by atoms with van der Waals surface area (Å²) in [7, 11) is 0. The molecule has 8 heteroatoms. The number of nitrogens with zero attached hydrogens (tertiary/aromatic N) is 2.